The molecule has 1 amide bonds. The van der Waals surface area contributed by atoms with E-state index in [1.165, 1.54) is 15.6 Å². The zero-order valence-corrected chi connectivity index (χ0v) is 16.0. The van der Waals surface area contributed by atoms with Crippen molar-refractivity contribution in [1.82, 2.24) is 9.21 Å². The quantitative estimate of drug-likeness (QED) is 0.822. The van der Waals surface area contributed by atoms with E-state index in [9.17, 15) is 13.2 Å². The van der Waals surface area contributed by atoms with E-state index in [0.29, 0.717) is 30.1 Å². The van der Waals surface area contributed by atoms with Crippen LogP contribution in [0.3, 0.4) is 0 Å². The fourth-order valence-electron chi connectivity index (χ4n) is 3.75. The highest BCUT2D eigenvalue weighted by Gasteiger charge is 2.36. The van der Waals surface area contributed by atoms with Crippen molar-refractivity contribution in [2.75, 3.05) is 26.2 Å². The van der Waals surface area contributed by atoms with E-state index in [0.717, 1.165) is 25.9 Å². The Morgan fingerprint density at radius 3 is 2.54 bits per heavy atom. The maximum absolute atomic E-state index is 12.8. The Labute approximate surface area is 148 Å². The van der Waals surface area contributed by atoms with E-state index in [-0.39, 0.29) is 17.2 Å². The van der Waals surface area contributed by atoms with Gasteiger partial charge in [0, 0.05) is 32.1 Å². The van der Waals surface area contributed by atoms with Gasteiger partial charge in [-0.3, -0.25) is 4.79 Å². The van der Waals surface area contributed by atoms with Crippen LogP contribution in [0, 0.1) is 11.3 Å². The van der Waals surface area contributed by atoms with Gasteiger partial charge in [0.2, 0.25) is 5.91 Å². The van der Waals surface area contributed by atoms with Crippen LogP contribution in [0.4, 0.5) is 0 Å². The van der Waals surface area contributed by atoms with Crippen LogP contribution in [0.2, 0.25) is 0 Å². The number of hydrogen-bond donors (Lipinski definition) is 0. The molecular weight excluding hydrogens is 344 g/mol. The molecule has 5 nitrogen and oxygen atoms in total. The van der Waals surface area contributed by atoms with Crippen molar-refractivity contribution in [3.8, 4) is 0 Å². The van der Waals surface area contributed by atoms with Crippen molar-refractivity contribution < 1.29 is 13.2 Å². The third kappa shape index (κ3) is 3.68. The highest BCUT2D eigenvalue weighted by atomic mass is 32.2. The summed E-state index contributed by atoms with van der Waals surface area (Å²) in [5.41, 5.74) is 0.192. The van der Waals surface area contributed by atoms with E-state index in [2.05, 4.69) is 13.8 Å². The fraction of sp³-hybridized carbons (Fsp3) is 0.706. The minimum absolute atomic E-state index is 0.0336. The second kappa shape index (κ2) is 6.77. The number of sulfonamides is 1. The number of hydrogen-bond acceptors (Lipinski definition) is 4. The first-order chi connectivity index (χ1) is 11.3. The van der Waals surface area contributed by atoms with Gasteiger partial charge in [-0.05, 0) is 42.5 Å². The molecule has 1 aromatic heterocycles. The summed E-state index contributed by atoms with van der Waals surface area (Å²) in [5.74, 6) is 0.185. The largest absolute Gasteiger partial charge is 0.342 e. The molecular formula is C17H26N2O3S2. The van der Waals surface area contributed by atoms with Crippen LogP contribution in [0.1, 0.15) is 39.5 Å². The number of likely N-dealkylation sites (tertiary alicyclic amines) is 1. The number of amides is 1. The summed E-state index contributed by atoms with van der Waals surface area (Å²) in [7, 11) is -3.38. The lowest BCUT2D eigenvalue weighted by Gasteiger charge is -2.40. The van der Waals surface area contributed by atoms with E-state index in [1.54, 1.807) is 17.5 Å². The van der Waals surface area contributed by atoms with Crippen LogP contribution in [-0.2, 0) is 14.8 Å². The predicted octanol–water partition coefficient (Wildman–Crippen LogP) is 2.80. The monoisotopic (exact) mass is 370 g/mol. The molecule has 2 aliphatic heterocycles. The Bertz CT molecular complexity index is 675. The van der Waals surface area contributed by atoms with Crippen molar-refractivity contribution in [2.45, 2.75) is 43.7 Å². The molecule has 2 saturated heterocycles. The standard InChI is InChI=1S/C17H26N2O3S2/c1-17(2)8-4-9-18(13-17)16(20)14-6-10-19(11-7-14)24(21,22)15-5-3-12-23-15/h3,5,12,14H,4,6-11,13H2,1-2H3. The summed E-state index contributed by atoms with van der Waals surface area (Å²) in [6, 6.07) is 3.40. The normalized spacial score (nSPS) is 23.3. The molecule has 0 aromatic carbocycles. The maximum Gasteiger partial charge on any atom is 0.252 e. The number of piperidine rings is 2. The van der Waals surface area contributed by atoms with Gasteiger partial charge in [-0.15, -0.1) is 11.3 Å². The summed E-state index contributed by atoms with van der Waals surface area (Å²) in [6.07, 6.45) is 3.47. The summed E-state index contributed by atoms with van der Waals surface area (Å²) in [5, 5.41) is 1.78. The van der Waals surface area contributed by atoms with Crippen molar-refractivity contribution in [3.63, 3.8) is 0 Å². The third-order valence-electron chi connectivity index (χ3n) is 5.10. The molecule has 0 radical (unpaired) electrons. The number of carbonyl (C=O) groups excluding carboxylic acids is 1. The van der Waals surface area contributed by atoms with E-state index in [1.807, 2.05) is 4.90 Å². The molecule has 0 saturated carbocycles. The van der Waals surface area contributed by atoms with Gasteiger partial charge >= 0.3 is 0 Å². The van der Waals surface area contributed by atoms with Gasteiger partial charge in [0.05, 0.1) is 0 Å². The Hall–Kier alpha value is -0.920. The minimum atomic E-state index is -3.38. The first-order valence-electron chi connectivity index (χ1n) is 8.62. The van der Waals surface area contributed by atoms with Gasteiger partial charge in [0.1, 0.15) is 4.21 Å². The predicted molar refractivity (Wildman–Crippen MR) is 95.4 cm³/mol. The zero-order chi connectivity index (χ0) is 17.4. The van der Waals surface area contributed by atoms with Crippen molar-refractivity contribution in [2.24, 2.45) is 11.3 Å². The lowest BCUT2D eigenvalue weighted by Crippen LogP contribution is -2.48. The summed E-state index contributed by atoms with van der Waals surface area (Å²) in [6.45, 7) is 6.96. The van der Waals surface area contributed by atoms with Gasteiger partial charge in [-0.2, -0.15) is 4.31 Å². The molecule has 0 N–H and O–H groups in total. The molecule has 3 rings (SSSR count). The lowest BCUT2D eigenvalue weighted by molar-refractivity contribution is -0.139. The van der Waals surface area contributed by atoms with Crippen LogP contribution in [0.15, 0.2) is 21.7 Å². The van der Waals surface area contributed by atoms with Crippen LogP contribution < -0.4 is 0 Å². The second-order valence-electron chi connectivity index (χ2n) is 7.64. The highest BCUT2D eigenvalue weighted by Crippen LogP contribution is 2.32. The summed E-state index contributed by atoms with van der Waals surface area (Å²) >= 11 is 1.25. The van der Waals surface area contributed by atoms with E-state index < -0.39 is 10.0 Å². The third-order valence-corrected chi connectivity index (χ3v) is 8.38. The van der Waals surface area contributed by atoms with Gasteiger partial charge in [0.25, 0.3) is 10.0 Å². The average Bonchev–Trinajstić information content (AvgIpc) is 3.08. The Morgan fingerprint density at radius 1 is 1.25 bits per heavy atom. The number of nitrogens with zero attached hydrogens (tertiary/aromatic N) is 2. The molecule has 2 fully saturated rings. The van der Waals surface area contributed by atoms with Gasteiger partial charge < -0.3 is 4.90 Å². The SMILES string of the molecule is CC1(C)CCCN(C(=O)C2CCN(S(=O)(=O)c3cccs3)CC2)C1. The van der Waals surface area contributed by atoms with Crippen molar-refractivity contribution >= 4 is 27.3 Å². The van der Waals surface area contributed by atoms with Crippen molar-refractivity contribution in [1.29, 1.82) is 0 Å². The number of rotatable bonds is 3. The highest BCUT2D eigenvalue weighted by molar-refractivity contribution is 7.91. The molecule has 0 bridgehead atoms. The van der Waals surface area contributed by atoms with Crippen molar-refractivity contribution in [3.05, 3.63) is 17.5 Å². The van der Waals surface area contributed by atoms with Crippen LogP contribution >= 0.6 is 11.3 Å². The Morgan fingerprint density at radius 2 is 1.96 bits per heavy atom. The molecule has 3 heterocycles. The molecule has 7 heteroatoms. The summed E-state index contributed by atoms with van der Waals surface area (Å²) < 4.78 is 27.0. The van der Waals surface area contributed by atoms with Crippen LogP contribution in [0.5, 0.6) is 0 Å². The molecule has 134 valence electrons. The summed E-state index contributed by atoms with van der Waals surface area (Å²) in [4.78, 5) is 14.8. The maximum atomic E-state index is 12.8. The molecule has 2 aliphatic rings. The van der Waals surface area contributed by atoms with Crippen LogP contribution in [0.25, 0.3) is 0 Å². The van der Waals surface area contributed by atoms with Gasteiger partial charge in [-0.1, -0.05) is 19.9 Å². The van der Waals surface area contributed by atoms with Crippen LogP contribution in [-0.4, -0.2) is 49.7 Å². The van der Waals surface area contributed by atoms with E-state index >= 15 is 0 Å². The fourth-order valence-corrected chi connectivity index (χ4v) is 6.36. The molecule has 0 atom stereocenters. The Balaban J connectivity index is 1.60. The smallest absolute Gasteiger partial charge is 0.252 e. The van der Waals surface area contributed by atoms with Gasteiger partial charge in [0.15, 0.2) is 0 Å². The zero-order valence-electron chi connectivity index (χ0n) is 14.4. The van der Waals surface area contributed by atoms with E-state index in [4.69, 9.17) is 0 Å². The first kappa shape index (κ1) is 17.9. The average molecular weight is 371 g/mol. The minimum Gasteiger partial charge on any atom is -0.342 e. The molecule has 1 aromatic rings. The number of carbonyl (C=O) groups is 1. The Kier molecular flexibility index (Phi) is 5.04. The van der Waals surface area contributed by atoms with Gasteiger partial charge in [-0.25, -0.2) is 8.42 Å². The lowest BCUT2D eigenvalue weighted by atomic mass is 9.83. The molecule has 0 unspecified atom stereocenters. The second-order valence-corrected chi connectivity index (χ2v) is 10.8. The first-order valence-corrected chi connectivity index (χ1v) is 10.9. The molecule has 24 heavy (non-hydrogen) atoms. The molecule has 0 aliphatic carbocycles. The topological polar surface area (TPSA) is 57.7 Å². The number of thiophene rings is 1. The molecule has 0 spiro atoms.